The van der Waals surface area contributed by atoms with Gasteiger partial charge < -0.3 is 24.4 Å². The lowest BCUT2D eigenvalue weighted by Gasteiger charge is -2.39. The van der Waals surface area contributed by atoms with Crippen LogP contribution >= 0.6 is 0 Å². The summed E-state index contributed by atoms with van der Waals surface area (Å²) in [6, 6.07) is 3.58. The Morgan fingerprint density at radius 3 is 2.25 bits per heavy atom. The highest BCUT2D eigenvalue weighted by atomic mass is 32.2. The molecule has 158 valence electrons. The second-order valence-corrected chi connectivity index (χ2v) is 9.92. The van der Waals surface area contributed by atoms with Crippen molar-refractivity contribution in [2.75, 3.05) is 46.7 Å². The van der Waals surface area contributed by atoms with Crippen molar-refractivity contribution in [3.05, 3.63) is 17.7 Å². The van der Waals surface area contributed by atoms with Crippen molar-refractivity contribution in [1.82, 2.24) is 10.2 Å². The SMILES string of the molecule is CCNC(=NCc1c(OC)cc(OC)cc1OC)N1CCS(=O)(=O)C(C)(C)C1. The molecule has 0 amide bonds. The third-order valence-electron chi connectivity index (χ3n) is 4.88. The van der Waals surface area contributed by atoms with Crippen LogP contribution in [0.3, 0.4) is 0 Å². The molecule has 9 heteroatoms. The molecule has 1 aliphatic rings. The minimum absolute atomic E-state index is 0.111. The van der Waals surface area contributed by atoms with Gasteiger partial charge in [0.15, 0.2) is 15.8 Å². The van der Waals surface area contributed by atoms with Gasteiger partial charge in [-0.15, -0.1) is 0 Å². The number of sulfone groups is 1. The van der Waals surface area contributed by atoms with E-state index in [1.807, 2.05) is 11.8 Å². The van der Waals surface area contributed by atoms with E-state index in [4.69, 9.17) is 19.2 Å². The van der Waals surface area contributed by atoms with Crippen molar-refractivity contribution in [2.24, 2.45) is 4.99 Å². The molecule has 0 saturated carbocycles. The number of rotatable bonds is 6. The topological polar surface area (TPSA) is 89.5 Å². The van der Waals surface area contributed by atoms with Crippen molar-refractivity contribution >= 4 is 15.8 Å². The van der Waals surface area contributed by atoms with Crippen molar-refractivity contribution in [1.29, 1.82) is 0 Å². The molecule has 1 N–H and O–H groups in total. The molecule has 0 radical (unpaired) electrons. The zero-order valence-corrected chi connectivity index (χ0v) is 18.4. The maximum atomic E-state index is 12.3. The quantitative estimate of drug-likeness (QED) is 0.561. The largest absolute Gasteiger partial charge is 0.496 e. The Morgan fingerprint density at radius 2 is 1.79 bits per heavy atom. The molecule has 1 aromatic rings. The first-order valence-corrected chi connectivity index (χ1v) is 10.9. The number of benzene rings is 1. The molecule has 8 nitrogen and oxygen atoms in total. The Balaban J connectivity index is 2.34. The first-order chi connectivity index (χ1) is 13.2. The molecule has 1 aliphatic heterocycles. The summed E-state index contributed by atoms with van der Waals surface area (Å²) in [6.07, 6.45) is 0. The van der Waals surface area contributed by atoms with Gasteiger partial charge in [0.2, 0.25) is 0 Å². The van der Waals surface area contributed by atoms with E-state index in [0.717, 1.165) is 5.56 Å². The van der Waals surface area contributed by atoms with E-state index in [1.54, 1.807) is 47.3 Å². The summed E-state index contributed by atoms with van der Waals surface area (Å²) in [7, 11) is 1.64. The highest BCUT2D eigenvalue weighted by Crippen LogP contribution is 2.34. The molecule has 1 heterocycles. The minimum Gasteiger partial charge on any atom is -0.496 e. The smallest absolute Gasteiger partial charge is 0.194 e. The van der Waals surface area contributed by atoms with Gasteiger partial charge >= 0.3 is 0 Å². The van der Waals surface area contributed by atoms with Crippen LogP contribution in [-0.2, 0) is 16.4 Å². The van der Waals surface area contributed by atoms with Gasteiger partial charge in [-0.2, -0.15) is 0 Å². The van der Waals surface area contributed by atoms with Crippen molar-refractivity contribution < 1.29 is 22.6 Å². The van der Waals surface area contributed by atoms with Crippen LogP contribution in [0.4, 0.5) is 0 Å². The number of ether oxygens (including phenoxy) is 3. The third-order valence-corrected chi connectivity index (χ3v) is 7.41. The predicted octanol–water partition coefficient (Wildman–Crippen LogP) is 1.69. The lowest BCUT2D eigenvalue weighted by atomic mass is 10.1. The first kappa shape index (κ1) is 22.1. The summed E-state index contributed by atoms with van der Waals surface area (Å²) < 4.78 is 40.0. The van der Waals surface area contributed by atoms with Crippen molar-refractivity contribution in [2.45, 2.75) is 32.1 Å². The van der Waals surface area contributed by atoms with Gasteiger partial charge in [-0.25, -0.2) is 13.4 Å². The standard InChI is InChI=1S/C19H31N3O5S/c1-7-20-18(22-8-9-28(23,24)19(2,3)13-22)21-12-15-16(26-5)10-14(25-4)11-17(15)27-6/h10-11H,7-9,12-13H2,1-6H3,(H,20,21). The average Bonchev–Trinajstić information content (AvgIpc) is 2.66. The fraction of sp³-hybridized carbons (Fsp3) is 0.632. The Labute approximate surface area is 167 Å². The number of nitrogens with one attached hydrogen (secondary N) is 1. The molecule has 28 heavy (non-hydrogen) atoms. The van der Waals surface area contributed by atoms with Gasteiger partial charge in [0, 0.05) is 31.8 Å². The monoisotopic (exact) mass is 413 g/mol. The van der Waals surface area contributed by atoms with E-state index in [1.165, 1.54) is 0 Å². The number of aliphatic imine (C=N–C) groups is 1. The molecule has 1 aromatic carbocycles. The number of methoxy groups -OCH3 is 3. The molecule has 0 aromatic heterocycles. The van der Waals surface area contributed by atoms with E-state index in [-0.39, 0.29) is 5.75 Å². The summed E-state index contributed by atoms with van der Waals surface area (Å²) in [5.74, 6) is 2.66. The highest BCUT2D eigenvalue weighted by Gasteiger charge is 2.41. The highest BCUT2D eigenvalue weighted by molar-refractivity contribution is 7.92. The Morgan fingerprint density at radius 1 is 1.18 bits per heavy atom. The fourth-order valence-corrected chi connectivity index (χ4v) is 4.50. The summed E-state index contributed by atoms with van der Waals surface area (Å²) in [4.78, 5) is 6.72. The Kier molecular flexibility index (Phi) is 7.03. The van der Waals surface area contributed by atoms with Gasteiger partial charge in [-0.05, 0) is 20.8 Å². The molecular formula is C19H31N3O5S. The number of guanidine groups is 1. The predicted molar refractivity (Wildman–Crippen MR) is 110 cm³/mol. The summed E-state index contributed by atoms with van der Waals surface area (Å²) >= 11 is 0. The fourth-order valence-electron chi connectivity index (χ4n) is 3.14. The molecule has 0 unspecified atom stereocenters. The maximum absolute atomic E-state index is 12.3. The molecule has 1 saturated heterocycles. The molecule has 0 spiro atoms. The lowest BCUT2D eigenvalue weighted by molar-refractivity contribution is 0.352. The van der Waals surface area contributed by atoms with Crippen LogP contribution in [0.1, 0.15) is 26.3 Å². The summed E-state index contributed by atoms with van der Waals surface area (Å²) in [6.45, 7) is 7.30. The van der Waals surface area contributed by atoms with E-state index in [0.29, 0.717) is 49.4 Å². The van der Waals surface area contributed by atoms with Gasteiger partial charge in [-0.3, -0.25) is 0 Å². The summed E-state index contributed by atoms with van der Waals surface area (Å²) in [5.41, 5.74) is 0.796. The minimum atomic E-state index is -3.12. The van der Waals surface area contributed by atoms with E-state index in [2.05, 4.69) is 5.32 Å². The molecule has 1 fully saturated rings. The van der Waals surface area contributed by atoms with Crippen LogP contribution in [0, 0.1) is 0 Å². The number of nitrogens with zero attached hydrogens (tertiary/aromatic N) is 2. The Bertz CT molecular complexity index is 796. The van der Waals surface area contributed by atoms with Crippen LogP contribution in [0.25, 0.3) is 0 Å². The maximum Gasteiger partial charge on any atom is 0.194 e. The van der Waals surface area contributed by atoms with Gasteiger partial charge in [0.05, 0.1) is 43.9 Å². The molecule has 0 bridgehead atoms. The van der Waals surface area contributed by atoms with Crippen molar-refractivity contribution in [3.63, 3.8) is 0 Å². The second-order valence-electron chi connectivity index (χ2n) is 7.18. The van der Waals surface area contributed by atoms with Gasteiger partial charge in [-0.1, -0.05) is 0 Å². The molecular weight excluding hydrogens is 382 g/mol. The molecule has 2 rings (SSSR count). The van der Waals surface area contributed by atoms with Crippen LogP contribution in [0.2, 0.25) is 0 Å². The number of hydrogen-bond donors (Lipinski definition) is 1. The summed E-state index contributed by atoms with van der Waals surface area (Å²) in [5, 5.41) is 3.26. The van der Waals surface area contributed by atoms with E-state index >= 15 is 0 Å². The van der Waals surface area contributed by atoms with Crippen LogP contribution in [0.5, 0.6) is 17.2 Å². The lowest BCUT2D eigenvalue weighted by Crippen LogP contribution is -2.57. The first-order valence-electron chi connectivity index (χ1n) is 9.23. The van der Waals surface area contributed by atoms with Gasteiger partial charge in [0.25, 0.3) is 0 Å². The van der Waals surface area contributed by atoms with Crippen LogP contribution < -0.4 is 19.5 Å². The number of hydrogen-bond acceptors (Lipinski definition) is 6. The zero-order chi connectivity index (χ0) is 20.9. The molecule has 0 atom stereocenters. The average molecular weight is 414 g/mol. The zero-order valence-electron chi connectivity index (χ0n) is 17.5. The normalized spacial score (nSPS) is 18.5. The van der Waals surface area contributed by atoms with E-state index < -0.39 is 14.6 Å². The van der Waals surface area contributed by atoms with Crippen LogP contribution in [-0.4, -0.2) is 70.7 Å². The van der Waals surface area contributed by atoms with Crippen LogP contribution in [0.15, 0.2) is 17.1 Å². The molecule has 0 aliphatic carbocycles. The van der Waals surface area contributed by atoms with E-state index in [9.17, 15) is 8.42 Å². The third kappa shape index (κ3) is 4.63. The van der Waals surface area contributed by atoms with Crippen molar-refractivity contribution in [3.8, 4) is 17.2 Å². The van der Waals surface area contributed by atoms with Gasteiger partial charge in [0.1, 0.15) is 17.2 Å². The second kappa shape index (κ2) is 8.89. The Hall–Kier alpha value is -2.16.